The van der Waals surface area contributed by atoms with Crippen LogP contribution >= 0.6 is 0 Å². The molecule has 1 radical (unpaired) electrons. The Balaban J connectivity index is 0.00000450. The van der Waals surface area contributed by atoms with Crippen LogP contribution in [0.3, 0.4) is 0 Å². The quantitative estimate of drug-likeness (QED) is 0.268. The van der Waals surface area contributed by atoms with Gasteiger partial charge in [0.25, 0.3) is 0 Å². The van der Waals surface area contributed by atoms with E-state index in [1.54, 1.807) is 19.1 Å². The molecule has 30 heavy (non-hydrogen) atoms. The molecule has 0 saturated carbocycles. The van der Waals surface area contributed by atoms with Gasteiger partial charge in [0.15, 0.2) is 0 Å². The Kier molecular flexibility index (Phi) is 10.9. The minimum absolute atomic E-state index is 0. The summed E-state index contributed by atoms with van der Waals surface area (Å²) in [7, 11) is 0. The molecule has 1 heterocycles. The fourth-order valence-corrected chi connectivity index (χ4v) is 2.90. The van der Waals surface area contributed by atoms with E-state index in [1.807, 2.05) is 36.6 Å². The molecule has 2 rings (SSSR count). The summed E-state index contributed by atoms with van der Waals surface area (Å²) in [6.45, 7) is 13.6. The van der Waals surface area contributed by atoms with Crippen LogP contribution in [0, 0.1) is 47.6 Å². The van der Waals surface area contributed by atoms with E-state index < -0.39 is 5.97 Å². The van der Waals surface area contributed by atoms with Gasteiger partial charge in [0, 0.05) is 59.7 Å². The van der Waals surface area contributed by atoms with Crippen LogP contribution in [0.25, 0.3) is 11.6 Å². The van der Waals surface area contributed by atoms with Crippen LogP contribution in [-0.2, 0) is 11.3 Å². The maximum absolute atomic E-state index is 11.3. The van der Waals surface area contributed by atoms with Crippen molar-refractivity contribution in [2.75, 3.05) is 0 Å². The Morgan fingerprint density at radius 1 is 1.30 bits per heavy atom. The van der Waals surface area contributed by atoms with E-state index in [1.165, 1.54) is 0 Å². The summed E-state index contributed by atoms with van der Waals surface area (Å²) in [5.74, 6) is -0.949. The molecule has 0 fully saturated rings. The number of hydrogen-bond donors (Lipinski definition) is 1. The maximum atomic E-state index is 11.3. The van der Waals surface area contributed by atoms with Crippen molar-refractivity contribution in [3.63, 3.8) is 0 Å². The van der Waals surface area contributed by atoms with Crippen molar-refractivity contribution in [1.82, 2.24) is 9.55 Å². The first kappa shape index (κ1) is 26.0. The van der Waals surface area contributed by atoms with Crippen LogP contribution in [0.1, 0.15) is 38.6 Å². The molecule has 1 aliphatic rings. The number of hydrogen-bond acceptors (Lipinski definition) is 2. The van der Waals surface area contributed by atoms with E-state index in [9.17, 15) is 9.90 Å². The van der Waals surface area contributed by atoms with Gasteiger partial charge in [-0.25, -0.2) is 4.79 Å². The molecule has 0 spiro atoms. The summed E-state index contributed by atoms with van der Waals surface area (Å²) in [6, 6.07) is 0. The molecule has 1 aromatic rings. The number of carboxylic acids is 1. The van der Waals surface area contributed by atoms with Gasteiger partial charge in [0.05, 0.1) is 0 Å². The number of carboxylic acid groups (broad SMARTS) is 1. The third-order valence-electron chi connectivity index (χ3n) is 4.70. The van der Waals surface area contributed by atoms with E-state index in [0.29, 0.717) is 6.54 Å². The number of aliphatic carboxylic acids is 1. The van der Waals surface area contributed by atoms with Gasteiger partial charge in [-0.2, -0.15) is 0 Å². The first-order valence-electron chi connectivity index (χ1n) is 9.47. The predicted molar refractivity (Wildman–Crippen MR) is 120 cm³/mol. The summed E-state index contributed by atoms with van der Waals surface area (Å²) >= 11 is 0. The molecule has 5 heteroatoms. The molecule has 0 atom stereocenters. The second kappa shape index (κ2) is 12.6. The molecular weight excluding hydrogens is 501 g/mol. The zero-order chi connectivity index (χ0) is 21.4. The van der Waals surface area contributed by atoms with E-state index in [4.69, 9.17) is 0 Å². The standard InChI is InChI=1S/C25H27N2O2.Pr/c1-6-10-21(8-3)22-12-9-11-20(13-14-22)16-27-17-26-24(18(4)7-2)23(27)15-19(5)25(28)29;/h6-8,10-15H,1,3,9,16H2,2,4-5H3,(H,28,29);/q-1;/b18-7-,19-15+,21-10+;. The zero-order valence-corrected chi connectivity index (χ0v) is 21.6. The Hall–Kier alpha value is -2.04. The summed E-state index contributed by atoms with van der Waals surface area (Å²) < 4.78 is 1.87. The smallest absolute Gasteiger partial charge is 0.330 e. The largest absolute Gasteiger partial charge is 0.478 e. The first-order valence-corrected chi connectivity index (χ1v) is 9.47. The number of imidazole rings is 1. The summed E-state index contributed by atoms with van der Waals surface area (Å²) in [5.41, 5.74) is 5.92. The number of carbonyl (C=O) groups is 1. The number of nitrogens with zero attached hydrogens (tertiary/aromatic N) is 2. The Bertz CT molecular complexity index is 998. The molecule has 1 aromatic heterocycles. The molecule has 4 nitrogen and oxygen atoms in total. The van der Waals surface area contributed by atoms with Crippen LogP contribution < -0.4 is 0 Å². The minimum Gasteiger partial charge on any atom is -0.478 e. The van der Waals surface area contributed by atoms with Crippen molar-refractivity contribution in [1.29, 1.82) is 0 Å². The number of rotatable bonds is 8. The molecular formula is C25H27N2O2Pr-. The molecule has 0 aromatic carbocycles. The third kappa shape index (κ3) is 6.75. The summed E-state index contributed by atoms with van der Waals surface area (Å²) in [5, 5.41) is 9.29. The van der Waals surface area contributed by atoms with Crippen molar-refractivity contribution >= 4 is 17.6 Å². The van der Waals surface area contributed by atoms with Crippen LogP contribution in [-0.4, -0.2) is 20.6 Å². The second-order valence-corrected chi connectivity index (χ2v) is 6.71. The summed E-state index contributed by atoms with van der Waals surface area (Å²) in [6.07, 6.45) is 21.3. The summed E-state index contributed by atoms with van der Waals surface area (Å²) in [4.78, 5) is 15.7. The van der Waals surface area contributed by atoms with Crippen LogP contribution in [0.2, 0.25) is 0 Å². The van der Waals surface area contributed by atoms with Crippen molar-refractivity contribution < 1.29 is 51.2 Å². The molecule has 1 aliphatic carbocycles. The Morgan fingerprint density at radius 3 is 2.63 bits per heavy atom. The van der Waals surface area contributed by atoms with E-state index in [2.05, 4.69) is 48.8 Å². The normalized spacial score (nSPS) is 15.0. The van der Waals surface area contributed by atoms with Gasteiger partial charge < -0.3 is 14.7 Å². The maximum Gasteiger partial charge on any atom is 0.330 e. The fraction of sp³-hybridized carbons (Fsp3) is 0.200. The van der Waals surface area contributed by atoms with E-state index in [0.717, 1.165) is 40.1 Å². The molecule has 0 saturated heterocycles. The van der Waals surface area contributed by atoms with Crippen LogP contribution in [0.15, 0.2) is 84.1 Å². The van der Waals surface area contributed by atoms with Gasteiger partial charge in [-0.3, -0.25) is 0 Å². The van der Waals surface area contributed by atoms with Crippen molar-refractivity contribution in [3.05, 3.63) is 102 Å². The van der Waals surface area contributed by atoms with Crippen molar-refractivity contribution in [3.8, 4) is 0 Å². The number of aromatic nitrogens is 2. The molecule has 0 amide bonds. The first-order chi connectivity index (χ1) is 13.9. The SMILES string of the molecule is C=C/C=C(\C=C)C1=CCC=C(Cn2[c-]nc(/C(C)=C\C)c2/C=C(\C)C(=O)O)C=C1.[Pr]. The van der Waals surface area contributed by atoms with E-state index in [-0.39, 0.29) is 46.9 Å². The van der Waals surface area contributed by atoms with Crippen molar-refractivity contribution in [2.24, 2.45) is 0 Å². The van der Waals surface area contributed by atoms with E-state index >= 15 is 0 Å². The van der Waals surface area contributed by atoms with Crippen LogP contribution in [0.4, 0.5) is 0 Å². The topological polar surface area (TPSA) is 55.1 Å². The van der Waals surface area contributed by atoms with Gasteiger partial charge in [0.1, 0.15) is 0 Å². The van der Waals surface area contributed by atoms with Gasteiger partial charge in [-0.1, -0.05) is 91.7 Å². The van der Waals surface area contributed by atoms with Crippen molar-refractivity contribution in [2.45, 2.75) is 33.7 Å². The third-order valence-corrected chi connectivity index (χ3v) is 4.70. The average molecular weight is 528 g/mol. The molecule has 0 aliphatic heterocycles. The van der Waals surface area contributed by atoms with Gasteiger partial charge in [0.2, 0.25) is 0 Å². The zero-order valence-electron chi connectivity index (χ0n) is 17.9. The Morgan fingerprint density at radius 2 is 2.03 bits per heavy atom. The molecule has 1 N–H and O–H groups in total. The Labute approximate surface area is 212 Å². The number of allylic oxidation sites excluding steroid dienone is 12. The molecule has 0 bridgehead atoms. The van der Waals surface area contributed by atoms with Crippen LogP contribution in [0.5, 0.6) is 0 Å². The fourth-order valence-electron chi connectivity index (χ4n) is 2.90. The monoisotopic (exact) mass is 528 g/mol. The molecule has 0 unspecified atom stereocenters. The second-order valence-electron chi connectivity index (χ2n) is 6.71. The van der Waals surface area contributed by atoms with Gasteiger partial charge >= 0.3 is 5.97 Å². The van der Waals surface area contributed by atoms with Gasteiger partial charge in [-0.05, 0) is 37.0 Å². The minimum atomic E-state index is -0.949. The molecule has 153 valence electrons. The average Bonchev–Trinajstić information content (AvgIpc) is 2.94. The van der Waals surface area contributed by atoms with Gasteiger partial charge in [-0.15, -0.1) is 0 Å². The predicted octanol–water partition coefficient (Wildman–Crippen LogP) is 5.71.